The van der Waals surface area contributed by atoms with E-state index in [2.05, 4.69) is 128 Å². The van der Waals surface area contributed by atoms with Crippen molar-refractivity contribution in [3.05, 3.63) is 133 Å². The van der Waals surface area contributed by atoms with Crippen molar-refractivity contribution in [2.24, 2.45) is 0 Å². The normalized spacial score (nSPS) is 13.8. The molecule has 41 heavy (non-hydrogen) atoms. The van der Waals surface area contributed by atoms with Gasteiger partial charge in [-0.25, -0.2) is 4.98 Å². The summed E-state index contributed by atoms with van der Waals surface area (Å²) in [5, 5.41) is 5.04. The Hall–Kier alpha value is -4.73. The number of fused-ring (bicyclic) bond motifs is 9. The molecular formula is C38H26N2S. The fraction of sp³-hybridized carbons (Fsp3) is 0.0789. The Balaban J connectivity index is 1.18. The van der Waals surface area contributed by atoms with Crippen molar-refractivity contribution in [2.75, 3.05) is 0 Å². The molecule has 194 valence electrons. The Morgan fingerprint density at radius 1 is 0.585 bits per heavy atom. The first-order valence-corrected chi connectivity index (χ1v) is 15.0. The molecule has 0 unspecified atom stereocenters. The second kappa shape index (κ2) is 8.15. The van der Waals surface area contributed by atoms with Crippen LogP contribution in [0.3, 0.4) is 0 Å². The highest BCUT2D eigenvalue weighted by Gasteiger charge is 2.35. The third-order valence-electron chi connectivity index (χ3n) is 9.07. The minimum Gasteiger partial charge on any atom is -0.294 e. The van der Waals surface area contributed by atoms with Gasteiger partial charge in [0.15, 0.2) is 0 Å². The van der Waals surface area contributed by atoms with E-state index in [4.69, 9.17) is 4.98 Å². The molecule has 3 heterocycles. The van der Waals surface area contributed by atoms with Gasteiger partial charge in [0, 0.05) is 48.2 Å². The van der Waals surface area contributed by atoms with E-state index in [9.17, 15) is 0 Å². The van der Waals surface area contributed by atoms with E-state index in [1.165, 1.54) is 69.8 Å². The van der Waals surface area contributed by atoms with Gasteiger partial charge in [-0.1, -0.05) is 86.6 Å². The minimum absolute atomic E-state index is 0.0312. The Morgan fingerprint density at radius 3 is 2.22 bits per heavy atom. The van der Waals surface area contributed by atoms with Gasteiger partial charge in [-0.2, -0.15) is 0 Å². The molecule has 0 spiro atoms. The Kier molecular flexibility index (Phi) is 4.58. The summed E-state index contributed by atoms with van der Waals surface area (Å²) in [4.78, 5) is 4.78. The first-order chi connectivity index (χ1) is 20.1. The van der Waals surface area contributed by atoms with Gasteiger partial charge in [-0.3, -0.25) is 4.57 Å². The van der Waals surface area contributed by atoms with Crippen molar-refractivity contribution in [1.29, 1.82) is 0 Å². The fourth-order valence-corrected chi connectivity index (χ4v) is 8.22. The zero-order valence-corrected chi connectivity index (χ0v) is 23.7. The summed E-state index contributed by atoms with van der Waals surface area (Å²) in [6.45, 7) is 4.68. The Morgan fingerprint density at radius 2 is 1.29 bits per heavy atom. The Bertz CT molecular complexity index is 2300. The molecule has 8 aromatic rings. The van der Waals surface area contributed by atoms with E-state index in [1.54, 1.807) is 0 Å². The lowest BCUT2D eigenvalue weighted by atomic mass is 9.82. The molecule has 9 rings (SSSR count). The third-order valence-corrected chi connectivity index (χ3v) is 10.2. The predicted molar refractivity (Wildman–Crippen MR) is 174 cm³/mol. The molecule has 0 atom stereocenters. The second-order valence-electron chi connectivity index (χ2n) is 11.7. The van der Waals surface area contributed by atoms with Crippen molar-refractivity contribution >= 4 is 53.4 Å². The number of aromatic nitrogens is 2. The summed E-state index contributed by atoms with van der Waals surface area (Å²) in [6.07, 6.45) is 1.88. The molecule has 2 nitrogen and oxygen atoms in total. The van der Waals surface area contributed by atoms with Crippen molar-refractivity contribution in [3.8, 4) is 27.9 Å². The van der Waals surface area contributed by atoms with Gasteiger partial charge in [-0.15, -0.1) is 11.3 Å². The maximum atomic E-state index is 4.78. The van der Waals surface area contributed by atoms with Crippen LogP contribution in [0.5, 0.6) is 0 Å². The van der Waals surface area contributed by atoms with E-state index in [0.29, 0.717) is 0 Å². The monoisotopic (exact) mass is 542 g/mol. The molecule has 0 radical (unpaired) electrons. The molecule has 0 fully saturated rings. The third kappa shape index (κ3) is 3.15. The van der Waals surface area contributed by atoms with Crippen LogP contribution in [0, 0.1) is 0 Å². The lowest BCUT2D eigenvalue weighted by Gasteiger charge is -2.21. The summed E-state index contributed by atoms with van der Waals surface area (Å²) < 4.78 is 4.90. The number of benzene rings is 5. The highest BCUT2D eigenvalue weighted by Crippen LogP contribution is 2.49. The molecule has 0 saturated carbocycles. The topological polar surface area (TPSA) is 17.8 Å². The highest BCUT2D eigenvalue weighted by atomic mass is 32.1. The summed E-state index contributed by atoms with van der Waals surface area (Å²) in [5.74, 6) is 0. The van der Waals surface area contributed by atoms with E-state index in [1.807, 2.05) is 23.6 Å². The minimum atomic E-state index is 0.0312. The molecule has 0 bridgehead atoms. The molecule has 0 amide bonds. The van der Waals surface area contributed by atoms with Crippen LogP contribution in [0.15, 0.2) is 121 Å². The molecule has 5 aromatic carbocycles. The summed E-state index contributed by atoms with van der Waals surface area (Å²) in [5.41, 5.74) is 11.5. The number of thiophene rings is 1. The molecule has 3 aromatic heterocycles. The van der Waals surface area contributed by atoms with E-state index >= 15 is 0 Å². The van der Waals surface area contributed by atoms with E-state index < -0.39 is 0 Å². The molecule has 3 heteroatoms. The molecule has 0 aliphatic heterocycles. The van der Waals surface area contributed by atoms with Crippen LogP contribution in [0.2, 0.25) is 0 Å². The van der Waals surface area contributed by atoms with Crippen molar-refractivity contribution in [3.63, 3.8) is 0 Å². The van der Waals surface area contributed by atoms with Crippen molar-refractivity contribution < 1.29 is 0 Å². The summed E-state index contributed by atoms with van der Waals surface area (Å²) in [7, 11) is 0. The van der Waals surface area contributed by atoms with Crippen LogP contribution in [0.1, 0.15) is 25.0 Å². The first-order valence-electron chi connectivity index (χ1n) is 14.1. The number of nitrogens with zero attached hydrogens (tertiary/aromatic N) is 2. The van der Waals surface area contributed by atoms with Gasteiger partial charge in [-0.05, 0) is 75.8 Å². The molecule has 0 N–H and O–H groups in total. The predicted octanol–water partition coefficient (Wildman–Crippen LogP) is 10.5. The van der Waals surface area contributed by atoms with Gasteiger partial charge in [0.05, 0.1) is 5.52 Å². The lowest BCUT2D eigenvalue weighted by Crippen LogP contribution is -2.14. The summed E-state index contributed by atoms with van der Waals surface area (Å²) in [6, 6.07) is 42.5. The maximum Gasteiger partial charge on any atom is 0.145 e. The number of rotatable bonds is 2. The average Bonchev–Trinajstić information content (AvgIpc) is 3.62. The van der Waals surface area contributed by atoms with Crippen LogP contribution in [-0.2, 0) is 5.41 Å². The van der Waals surface area contributed by atoms with Crippen LogP contribution >= 0.6 is 11.3 Å². The van der Waals surface area contributed by atoms with E-state index in [0.717, 1.165) is 11.3 Å². The first kappa shape index (κ1) is 23.0. The SMILES string of the molecule is CC1(C)c2ccccc2-c2cc(-c3ccc4c(c3)sc3cc(-n5c6ccccc6c6cccnc65)ccc34)ccc21. The van der Waals surface area contributed by atoms with Gasteiger partial charge in [0.1, 0.15) is 5.65 Å². The standard InChI is InChI=1S/C38H26N2S/c1-38(2)32-11-5-3-8-26(32)31-20-23(14-18-33(31)38)24-13-16-28-29-17-15-25(22-36(29)41-35(28)21-24)40-34-12-6-4-9-27(34)30-10-7-19-39-37(30)40/h3-22H,1-2H3. The Labute approximate surface area is 242 Å². The van der Waals surface area contributed by atoms with E-state index in [-0.39, 0.29) is 5.41 Å². The molecule has 1 aliphatic rings. The van der Waals surface area contributed by atoms with Crippen molar-refractivity contribution in [1.82, 2.24) is 9.55 Å². The average molecular weight is 543 g/mol. The zero-order chi connectivity index (χ0) is 27.3. The smallest absolute Gasteiger partial charge is 0.145 e. The van der Waals surface area contributed by atoms with Crippen molar-refractivity contribution in [2.45, 2.75) is 19.3 Å². The number of hydrogen-bond donors (Lipinski definition) is 0. The van der Waals surface area contributed by atoms with Crippen LogP contribution in [0.4, 0.5) is 0 Å². The largest absolute Gasteiger partial charge is 0.294 e. The van der Waals surface area contributed by atoms with Gasteiger partial charge >= 0.3 is 0 Å². The van der Waals surface area contributed by atoms with Gasteiger partial charge in [0.25, 0.3) is 0 Å². The quantitative estimate of drug-likeness (QED) is 0.212. The van der Waals surface area contributed by atoms with Gasteiger partial charge < -0.3 is 0 Å². The number of pyridine rings is 1. The van der Waals surface area contributed by atoms with Crippen LogP contribution < -0.4 is 0 Å². The molecule has 1 aliphatic carbocycles. The molecular weight excluding hydrogens is 516 g/mol. The second-order valence-corrected chi connectivity index (χ2v) is 12.7. The zero-order valence-electron chi connectivity index (χ0n) is 22.8. The molecule has 0 saturated heterocycles. The lowest BCUT2D eigenvalue weighted by molar-refractivity contribution is 0.660. The van der Waals surface area contributed by atoms with Crippen LogP contribution in [-0.4, -0.2) is 9.55 Å². The maximum absolute atomic E-state index is 4.78. The van der Waals surface area contributed by atoms with Gasteiger partial charge in [0.2, 0.25) is 0 Å². The highest BCUT2D eigenvalue weighted by molar-refractivity contribution is 7.25. The number of hydrogen-bond acceptors (Lipinski definition) is 2. The fourth-order valence-electron chi connectivity index (χ4n) is 7.04. The summed E-state index contributed by atoms with van der Waals surface area (Å²) >= 11 is 1.87. The number of para-hydroxylation sites is 1. The van der Waals surface area contributed by atoms with Crippen LogP contribution in [0.25, 0.3) is 70.0 Å².